The van der Waals surface area contributed by atoms with Gasteiger partial charge in [-0.25, -0.2) is 0 Å². The number of hydrogen-bond donors (Lipinski definition) is 0. The van der Waals surface area contributed by atoms with Crippen molar-refractivity contribution < 1.29 is 26.3 Å². The average Bonchev–Trinajstić information content (AvgIpc) is 2.45. The largest absolute Gasteiger partial charge is 0.417 e. The van der Waals surface area contributed by atoms with Gasteiger partial charge in [-0.05, 0) is 34.9 Å². The fraction of sp³-hybridized carbons (Fsp3) is 0.188. The predicted octanol–water partition coefficient (Wildman–Crippen LogP) is 5.46. The highest BCUT2D eigenvalue weighted by molar-refractivity contribution is 5.69. The molecule has 2 aromatic rings. The van der Waals surface area contributed by atoms with Crippen LogP contribution in [0.15, 0.2) is 42.5 Å². The Labute approximate surface area is 127 Å². The van der Waals surface area contributed by atoms with E-state index in [1.165, 1.54) is 12.1 Å². The van der Waals surface area contributed by atoms with Crippen molar-refractivity contribution in [3.63, 3.8) is 0 Å². The van der Waals surface area contributed by atoms with Crippen molar-refractivity contribution in [3.05, 3.63) is 59.2 Å². The van der Waals surface area contributed by atoms with Gasteiger partial charge in [-0.1, -0.05) is 24.3 Å². The van der Waals surface area contributed by atoms with E-state index in [9.17, 15) is 26.3 Å². The second kappa shape index (κ2) is 5.95. The van der Waals surface area contributed by atoms with Crippen LogP contribution < -0.4 is 0 Å². The van der Waals surface area contributed by atoms with Crippen LogP contribution in [-0.2, 0) is 18.8 Å². The first-order valence-corrected chi connectivity index (χ1v) is 6.37. The van der Waals surface area contributed by atoms with E-state index in [-0.39, 0.29) is 23.1 Å². The molecular formula is C16H9F6N. The van der Waals surface area contributed by atoms with E-state index in [4.69, 9.17) is 5.26 Å². The standard InChI is InChI=1S/C16H9F6N/c17-15(18,19)12-8-10(5-6-23)7-11(9-12)13-3-1-2-4-14(13)16(20,21)22/h1-4,7-9H,5H2. The summed E-state index contributed by atoms with van der Waals surface area (Å²) in [7, 11) is 0. The Balaban J connectivity index is 2.69. The first-order valence-electron chi connectivity index (χ1n) is 6.37. The summed E-state index contributed by atoms with van der Waals surface area (Å²) >= 11 is 0. The number of benzene rings is 2. The van der Waals surface area contributed by atoms with Crippen LogP contribution in [0.2, 0.25) is 0 Å². The molecule has 0 spiro atoms. The number of hydrogen-bond acceptors (Lipinski definition) is 1. The molecule has 0 N–H and O–H groups in total. The van der Waals surface area contributed by atoms with Crippen LogP contribution >= 0.6 is 0 Å². The summed E-state index contributed by atoms with van der Waals surface area (Å²) in [4.78, 5) is 0. The molecule has 1 nitrogen and oxygen atoms in total. The van der Waals surface area contributed by atoms with Gasteiger partial charge in [-0.2, -0.15) is 31.6 Å². The van der Waals surface area contributed by atoms with Crippen molar-refractivity contribution in [3.8, 4) is 17.2 Å². The van der Waals surface area contributed by atoms with Crippen LogP contribution in [0.5, 0.6) is 0 Å². The molecule has 0 heterocycles. The molecule has 0 amide bonds. The lowest BCUT2D eigenvalue weighted by Crippen LogP contribution is -2.09. The molecule has 0 bridgehead atoms. The first kappa shape index (κ1) is 16.9. The minimum absolute atomic E-state index is 0.00861. The van der Waals surface area contributed by atoms with E-state index in [0.29, 0.717) is 6.07 Å². The van der Waals surface area contributed by atoms with Gasteiger partial charge < -0.3 is 0 Å². The Kier molecular flexibility index (Phi) is 4.37. The van der Waals surface area contributed by atoms with E-state index in [1.54, 1.807) is 6.07 Å². The zero-order valence-corrected chi connectivity index (χ0v) is 11.5. The summed E-state index contributed by atoms with van der Waals surface area (Å²) in [5.74, 6) is 0. The molecular weight excluding hydrogens is 320 g/mol. The maximum Gasteiger partial charge on any atom is 0.417 e. The maximum absolute atomic E-state index is 13.0. The van der Waals surface area contributed by atoms with E-state index in [2.05, 4.69) is 0 Å². The SMILES string of the molecule is N#CCc1cc(-c2ccccc2C(F)(F)F)cc(C(F)(F)F)c1. The van der Waals surface area contributed by atoms with Crippen LogP contribution in [-0.4, -0.2) is 0 Å². The maximum atomic E-state index is 13.0. The highest BCUT2D eigenvalue weighted by Crippen LogP contribution is 2.39. The summed E-state index contributed by atoms with van der Waals surface area (Å²) in [6.07, 6.45) is -9.74. The topological polar surface area (TPSA) is 23.8 Å². The third-order valence-corrected chi connectivity index (χ3v) is 3.15. The van der Waals surface area contributed by atoms with Crippen molar-refractivity contribution in [2.45, 2.75) is 18.8 Å². The Morgan fingerprint density at radius 2 is 1.52 bits per heavy atom. The van der Waals surface area contributed by atoms with Crippen LogP contribution in [0, 0.1) is 11.3 Å². The van der Waals surface area contributed by atoms with Crippen molar-refractivity contribution in [2.24, 2.45) is 0 Å². The molecule has 0 fully saturated rings. The monoisotopic (exact) mass is 329 g/mol. The van der Waals surface area contributed by atoms with Crippen molar-refractivity contribution in [1.82, 2.24) is 0 Å². The van der Waals surface area contributed by atoms with Gasteiger partial charge in [0, 0.05) is 0 Å². The van der Waals surface area contributed by atoms with Crippen molar-refractivity contribution in [1.29, 1.82) is 5.26 Å². The van der Waals surface area contributed by atoms with Gasteiger partial charge in [0.2, 0.25) is 0 Å². The Morgan fingerprint density at radius 3 is 2.09 bits per heavy atom. The predicted molar refractivity (Wildman–Crippen MR) is 71.2 cm³/mol. The van der Waals surface area contributed by atoms with Gasteiger partial charge >= 0.3 is 12.4 Å². The van der Waals surface area contributed by atoms with Crippen molar-refractivity contribution in [2.75, 3.05) is 0 Å². The molecule has 0 aliphatic rings. The van der Waals surface area contributed by atoms with Gasteiger partial charge in [0.1, 0.15) is 0 Å². The number of alkyl halides is 6. The average molecular weight is 329 g/mol. The molecule has 23 heavy (non-hydrogen) atoms. The molecule has 0 aliphatic carbocycles. The van der Waals surface area contributed by atoms with E-state index in [0.717, 1.165) is 24.3 Å². The van der Waals surface area contributed by atoms with Gasteiger partial charge in [-0.15, -0.1) is 0 Å². The normalized spacial score (nSPS) is 12.0. The summed E-state index contributed by atoms with van der Waals surface area (Å²) < 4.78 is 77.9. The molecule has 0 aliphatic heterocycles. The summed E-state index contributed by atoms with van der Waals surface area (Å²) in [5, 5.41) is 8.65. The van der Waals surface area contributed by atoms with Gasteiger partial charge in [0.05, 0.1) is 23.6 Å². The summed E-state index contributed by atoms with van der Waals surface area (Å²) in [6.45, 7) is 0. The lowest BCUT2D eigenvalue weighted by Gasteiger charge is -2.15. The molecule has 0 aromatic heterocycles. The molecule has 0 atom stereocenters. The zero-order valence-electron chi connectivity index (χ0n) is 11.5. The molecule has 120 valence electrons. The molecule has 0 unspecified atom stereocenters. The number of nitriles is 1. The fourth-order valence-electron chi connectivity index (χ4n) is 2.19. The molecule has 0 saturated carbocycles. The highest BCUT2D eigenvalue weighted by Gasteiger charge is 2.35. The van der Waals surface area contributed by atoms with Crippen LogP contribution in [0.25, 0.3) is 11.1 Å². The highest BCUT2D eigenvalue weighted by atomic mass is 19.4. The molecule has 2 aromatic carbocycles. The Morgan fingerprint density at radius 1 is 0.870 bits per heavy atom. The van der Waals surface area contributed by atoms with Crippen LogP contribution in [0.3, 0.4) is 0 Å². The molecule has 0 saturated heterocycles. The fourth-order valence-corrected chi connectivity index (χ4v) is 2.19. The summed E-state index contributed by atoms with van der Waals surface area (Å²) in [5.41, 5.74) is -2.68. The number of nitrogens with zero attached hydrogens (tertiary/aromatic N) is 1. The third-order valence-electron chi connectivity index (χ3n) is 3.15. The summed E-state index contributed by atoms with van der Waals surface area (Å²) in [6, 6.07) is 8.68. The third kappa shape index (κ3) is 3.83. The quantitative estimate of drug-likeness (QED) is 0.671. The lowest BCUT2D eigenvalue weighted by molar-refractivity contribution is -0.137. The zero-order chi connectivity index (χ0) is 17.3. The number of rotatable bonds is 2. The smallest absolute Gasteiger partial charge is 0.198 e. The Bertz CT molecular complexity index is 752. The van der Waals surface area contributed by atoms with E-state index >= 15 is 0 Å². The van der Waals surface area contributed by atoms with Gasteiger partial charge in [-0.3, -0.25) is 0 Å². The molecule has 2 rings (SSSR count). The van der Waals surface area contributed by atoms with E-state index < -0.39 is 23.5 Å². The molecule has 7 heteroatoms. The second-order valence-corrected chi connectivity index (χ2v) is 4.79. The number of halogens is 6. The van der Waals surface area contributed by atoms with Crippen LogP contribution in [0.4, 0.5) is 26.3 Å². The van der Waals surface area contributed by atoms with Gasteiger partial charge in [0.25, 0.3) is 0 Å². The first-order chi connectivity index (χ1) is 10.6. The lowest BCUT2D eigenvalue weighted by atomic mass is 9.95. The Hall–Kier alpha value is -2.49. The second-order valence-electron chi connectivity index (χ2n) is 4.79. The minimum Gasteiger partial charge on any atom is -0.198 e. The minimum atomic E-state index is -4.71. The molecule has 0 radical (unpaired) electrons. The van der Waals surface area contributed by atoms with Crippen molar-refractivity contribution >= 4 is 0 Å². The van der Waals surface area contributed by atoms with Gasteiger partial charge in [0.15, 0.2) is 0 Å². The van der Waals surface area contributed by atoms with E-state index in [1.807, 2.05) is 0 Å². The van der Waals surface area contributed by atoms with Crippen LogP contribution in [0.1, 0.15) is 16.7 Å².